The molecule has 0 N–H and O–H groups in total. The molecule has 11 nitrogen and oxygen atoms in total. The molecule has 0 aliphatic heterocycles. The van der Waals surface area contributed by atoms with Crippen molar-refractivity contribution in [1.29, 1.82) is 0 Å². The molecule has 11 heteroatoms. The van der Waals surface area contributed by atoms with Gasteiger partial charge in [-0.2, -0.15) is 0 Å². The number of unbranched alkanes of at least 4 members (excludes halogenated alkanes) is 27. The molecule has 5 aromatic rings. The first kappa shape index (κ1) is 54.9. The number of pyridine rings is 1. The van der Waals surface area contributed by atoms with Crippen LogP contribution in [-0.4, -0.2) is 60.8 Å². The van der Waals surface area contributed by atoms with Crippen molar-refractivity contribution in [1.82, 2.24) is 35.0 Å². The van der Waals surface area contributed by atoms with Gasteiger partial charge < -0.3 is 14.2 Å². The van der Waals surface area contributed by atoms with E-state index in [-0.39, 0.29) is 0 Å². The summed E-state index contributed by atoms with van der Waals surface area (Å²) in [5.74, 6) is 1.07. The molecule has 0 spiro atoms. The third-order valence-corrected chi connectivity index (χ3v) is 13.0. The molecular formula is C58H87N7O4. The van der Waals surface area contributed by atoms with E-state index in [9.17, 15) is 4.79 Å². The maximum Gasteiger partial charge on any atom is 0.338 e. The predicted octanol–water partition coefficient (Wildman–Crippen LogP) is 16.3. The monoisotopic (exact) mass is 946 g/mol. The third-order valence-electron chi connectivity index (χ3n) is 13.0. The molecule has 0 radical (unpaired) electrons. The van der Waals surface area contributed by atoms with Crippen molar-refractivity contribution < 1.29 is 19.0 Å². The van der Waals surface area contributed by atoms with Crippen molar-refractivity contribution >= 4 is 5.97 Å². The van der Waals surface area contributed by atoms with Gasteiger partial charge in [0.25, 0.3) is 0 Å². The van der Waals surface area contributed by atoms with Crippen LogP contribution in [0.25, 0.3) is 34.2 Å². The fourth-order valence-corrected chi connectivity index (χ4v) is 8.83. The van der Waals surface area contributed by atoms with E-state index in [1.807, 2.05) is 60.9 Å². The molecule has 5 rings (SSSR count). The lowest BCUT2D eigenvalue weighted by molar-refractivity contribution is 0.0497. The number of hydrogen-bond donors (Lipinski definition) is 0. The maximum atomic E-state index is 13.8. The highest BCUT2D eigenvalue weighted by atomic mass is 16.5. The highest BCUT2D eigenvalue weighted by molar-refractivity contribution is 5.92. The number of esters is 1. The van der Waals surface area contributed by atoms with E-state index >= 15 is 0 Å². The standard InChI is InChI=1S/C58H87N7O4/c1-4-7-10-13-16-19-20-21-22-23-24-27-30-37-44-69-58(66)49-45-50(52-47-64(62-60-52)54-38-31-33-40-56(54)67-42-35-28-25-17-14-11-8-5-2)59-51(46-49)53-48-65(63-61-53)55-39-32-34-41-57(55)68-43-36-29-26-18-15-12-9-6-3/h31-34,38-41,45-48H,4-30,35-37,42-44H2,1-3H3. The summed E-state index contributed by atoms with van der Waals surface area (Å²) in [6.07, 6.45) is 41.3. The van der Waals surface area contributed by atoms with Crippen molar-refractivity contribution in [3.8, 4) is 45.6 Å². The van der Waals surface area contributed by atoms with Crippen molar-refractivity contribution in [3.05, 3.63) is 78.6 Å². The molecule has 0 bridgehead atoms. The largest absolute Gasteiger partial charge is 0.491 e. The smallest absolute Gasteiger partial charge is 0.338 e. The zero-order valence-corrected chi connectivity index (χ0v) is 43.0. The van der Waals surface area contributed by atoms with Crippen LogP contribution in [0.1, 0.15) is 224 Å². The van der Waals surface area contributed by atoms with Gasteiger partial charge in [-0.25, -0.2) is 19.1 Å². The van der Waals surface area contributed by atoms with Crippen molar-refractivity contribution in [2.45, 2.75) is 213 Å². The number of aromatic nitrogens is 7. The molecule has 0 fully saturated rings. The van der Waals surface area contributed by atoms with Crippen LogP contribution in [-0.2, 0) is 4.74 Å². The number of hydrogen-bond acceptors (Lipinski definition) is 9. The Hall–Kier alpha value is -5.06. The summed E-state index contributed by atoms with van der Waals surface area (Å²) in [5, 5.41) is 18.1. The number of carbonyl (C=O) groups is 1. The normalized spacial score (nSPS) is 11.3. The summed E-state index contributed by atoms with van der Waals surface area (Å²) in [6, 6.07) is 19.2. The molecule has 0 saturated heterocycles. The van der Waals surface area contributed by atoms with E-state index in [0.29, 0.717) is 48.2 Å². The molecular weight excluding hydrogens is 859 g/mol. The van der Waals surface area contributed by atoms with Gasteiger partial charge in [0.15, 0.2) is 0 Å². The average Bonchev–Trinajstić information content (AvgIpc) is 4.09. The molecule has 0 aliphatic carbocycles. The maximum absolute atomic E-state index is 13.8. The van der Waals surface area contributed by atoms with Gasteiger partial charge in [-0.3, -0.25) is 0 Å². The Morgan fingerprint density at radius 1 is 0.420 bits per heavy atom. The van der Waals surface area contributed by atoms with Crippen LogP contribution in [0.3, 0.4) is 0 Å². The second kappa shape index (κ2) is 34.3. The summed E-state index contributed by atoms with van der Waals surface area (Å²) in [4.78, 5) is 18.8. The number of nitrogens with zero attached hydrogens (tertiary/aromatic N) is 7. The van der Waals surface area contributed by atoms with Gasteiger partial charge >= 0.3 is 5.97 Å². The van der Waals surface area contributed by atoms with Crippen LogP contribution in [0, 0.1) is 0 Å². The quantitative estimate of drug-likeness (QED) is 0.0279. The molecule has 3 heterocycles. The van der Waals surface area contributed by atoms with Gasteiger partial charge in [0.05, 0.1) is 49.2 Å². The van der Waals surface area contributed by atoms with Gasteiger partial charge in [-0.15, -0.1) is 10.2 Å². The zero-order chi connectivity index (χ0) is 48.4. The number of para-hydroxylation sites is 4. The van der Waals surface area contributed by atoms with Crippen LogP contribution in [0.5, 0.6) is 11.5 Å². The minimum Gasteiger partial charge on any atom is -0.491 e. The Bertz CT molecular complexity index is 1990. The Kier molecular flexibility index (Phi) is 27.3. The second-order valence-corrected chi connectivity index (χ2v) is 19.0. The van der Waals surface area contributed by atoms with Gasteiger partial charge in [-0.05, 0) is 55.7 Å². The van der Waals surface area contributed by atoms with E-state index < -0.39 is 5.97 Å². The van der Waals surface area contributed by atoms with Crippen molar-refractivity contribution in [3.63, 3.8) is 0 Å². The van der Waals surface area contributed by atoms with Gasteiger partial charge in [-0.1, -0.05) is 229 Å². The highest BCUT2D eigenvalue weighted by Gasteiger charge is 2.19. The first-order valence-electron chi connectivity index (χ1n) is 27.6. The van der Waals surface area contributed by atoms with Crippen LogP contribution in [0.2, 0.25) is 0 Å². The highest BCUT2D eigenvalue weighted by Crippen LogP contribution is 2.29. The van der Waals surface area contributed by atoms with Crippen molar-refractivity contribution in [2.24, 2.45) is 0 Å². The molecule has 0 amide bonds. The lowest BCUT2D eigenvalue weighted by atomic mass is 10.0. The molecule has 0 aliphatic rings. The van der Waals surface area contributed by atoms with E-state index in [1.165, 1.54) is 148 Å². The van der Waals surface area contributed by atoms with Gasteiger partial charge in [0, 0.05) is 0 Å². The molecule has 0 unspecified atom stereocenters. The molecule has 3 aromatic heterocycles. The lowest BCUT2D eigenvalue weighted by Crippen LogP contribution is -2.08. The fourth-order valence-electron chi connectivity index (χ4n) is 8.83. The average molecular weight is 946 g/mol. The molecule has 0 atom stereocenters. The number of rotatable bonds is 40. The van der Waals surface area contributed by atoms with E-state index in [4.69, 9.17) is 19.2 Å². The van der Waals surface area contributed by atoms with Crippen molar-refractivity contribution in [2.75, 3.05) is 19.8 Å². The first-order valence-corrected chi connectivity index (χ1v) is 27.6. The number of ether oxygens (including phenoxy) is 3. The molecule has 69 heavy (non-hydrogen) atoms. The number of benzene rings is 2. The van der Waals surface area contributed by atoms with Crippen LogP contribution >= 0.6 is 0 Å². The van der Waals surface area contributed by atoms with Gasteiger partial charge in [0.2, 0.25) is 0 Å². The van der Waals surface area contributed by atoms with E-state index in [2.05, 4.69) is 41.4 Å². The minimum absolute atomic E-state index is 0.363. The Balaban J connectivity index is 1.22. The fraction of sp³-hybridized carbons (Fsp3) is 0.621. The van der Waals surface area contributed by atoms with Gasteiger partial charge in [0.1, 0.15) is 34.3 Å². The Morgan fingerprint density at radius 3 is 1.13 bits per heavy atom. The van der Waals surface area contributed by atoms with E-state index in [1.54, 1.807) is 21.5 Å². The molecule has 378 valence electrons. The van der Waals surface area contributed by atoms with E-state index in [0.717, 1.165) is 67.8 Å². The predicted molar refractivity (Wildman–Crippen MR) is 282 cm³/mol. The summed E-state index contributed by atoms with van der Waals surface area (Å²) < 4.78 is 21.9. The van der Waals surface area contributed by atoms with Crippen LogP contribution in [0.4, 0.5) is 0 Å². The molecule has 2 aromatic carbocycles. The SMILES string of the molecule is CCCCCCCCCCCCCCCCOC(=O)c1cc(-c2cn(-c3ccccc3OCCCCCCCCCC)nn2)nc(-c2cn(-c3ccccc3OCCCCCCCCCC)nn2)c1. The summed E-state index contributed by atoms with van der Waals surface area (Å²) >= 11 is 0. The van der Waals surface area contributed by atoms with Crippen LogP contribution < -0.4 is 9.47 Å². The summed E-state index contributed by atoms with van der Waals surface area (Å²) in [5.41, 5.74) is 3.89. The minimum atomic E-state index is -0.409. The van der Waals surface area contributed by atoms with Crippen LogP contribution in [0.15, 0.2) is 73.1 Å². The first-order chi connectivity index (χ1) is 34.1. The zero-order valence-electron chi connectivity index (χ0n) is 43.0. The third kappa shape index (κ3) is 20.8. The molecule has 0 saturated carbocycles. The summed E-state index contributed by atoms with van der Waals surface area (Å²) in [6.45, 7) is 8.42. The Labute approximate surface area is 415 Å². The Morgan fingerprint density at radius 2 is 0.754 bits per heavy atom. The number of carbonyl (C=O) groups excluding carboxylic acids is 1. The topological polar surface area (TPSA) is 119 Å². The second-order valence-electron chi connectivity index (χ2n) is 19.0. The lowest BCUT2D eigenvalue weighted by Gasteiger charge is -2.11. The summed E-state index contributed by atoms with van der Waals surface area (Å²) in [7, 11) is 0.